The number of fused-ring (bicyclic) bond motifs is 1. The largest absolute Gasteiger partial charge is 0.416 e. The van der Waals surface area contributed by atoms with Crippen molar-refractivity contribution < 1.29 is 22.8 Å². The molecule has 1 aromatic heterocycles. The zero-order valence-corrected chi connectivity index (χ0v) is 17.3. The third kappa shape index (κ3) is 4.18. The zero-order valence-electron chi connectivity index (χ0n) is 16.4. The van der Waals surface area contributed by atoms with Gasteiger partial charge < -0.3 is 14.8 Å². The van der Waals surface area contributed by atoms with Gasteiger partial charge in [0.15, 0.2) is 0 Å². The van der Waals surface area contributed by atoms with Crippen molar-refractivity contribution in [2.24, 2.45) is 0 Å². The summed E-state index contributed by atoms with van der Waals surface area (Å²) in [7, 11) is 0. The average Bonchev–Trinajstić information content (AvgIpc) is 3.19. The molecule has 9 heteroatoms. The van der Waals surface area contributed by atoms with Gasteiger partial charge in [0.2, 0.25) is 0 Å². The number of thioether (sulfide) groups is 1. The average molecular weight is 445 g/mol. The van der Waals surface area contributed by atoms with Gasteiger partial charge in [-0.05, 0) is 54.8 Å². The third-order valence-corrected chi connectivity index (χ3v) is 5.78. The summed E-state index contributed by atoms with van der Waals surface area (Å²) in [6.07, 6.45) is -0.845. The van der Waals surface area contributed by atoms with E-state index in [2.05, 4.69) is 5.32 Å². The number of carbonyl (C=O) groups excluding carboxylic acids is 2. The maximum Gasteiger partial charge on any atom is 0.416 e. The summed E-state index contributed by atoms with van der Waals surface area (Å²) in [6.45, 7) is 0.722. The van der Waals surface area contributed by atoms with Crippen molar-refractivity contribution >= 4 is 35.0 Å². The molecule has 0 bridgehead atoms. The molecule has 4 rings (SSSR count). The Morgan fingerprint density at radius 2 is 1.81 bits per heavy atom. The minimum absolute atomic E-state index is 0.213. The lowest BCUT2D eigenvalue weighted by atomic mass is 10.1. The first-order valence-corrected chi connectivity index (χ1v) is 10.6. The minimum Gasteiger partial charge on any atom is -0.341 e. The van der Waals surface area contributed by atoms with Gasteiger partial charge >= 0.3 is 6.18 Å². The summed E-state index contributed by atoms with van der Waals surface area (Å²) in [5.41, 5.74) is 0.613. The van der Waals surface area contributed by atoms with Crippen LogP contribution in [0.2, 0.25) is 0 Å². The molecular formula is C22H18F3N3O2S. The number of hydrogen-bond donors (Lipinski definition) is 1. The Morgan fingerprint density at radius 1 is 1.06 bits per heavy atom. The number of benzene rings is 2. The second-order valence-corrected chi connectivity index (χ2v) is 7.84. The molecule has 160 valence electrons. The SMILES string of the molecule is CSc1cccc(NC(=O)c2ccn3c2C(=O)N(c2ccc(C(F)(F)F)cc2)CC3)c1. The number of carbonyl (C=O) groups is 2. The summed E-state index contributed by atoms with van der Waals surface area (Å²) < 4.78 is 40.2. The summed E-state index contributed by atoms with van der Waals surface area (Å²) in [6, 6.07) is 13.4. The molecule has 1 N–H and O–H groups in total. The molecule has 3 aromatic rings. The second kappa shape index (κ2) is 8.14. The van der Waals surface area contributed by atoms with Crippen LogP contribution >= 0.6 is 11.8 Å². The fourth-order valence-electron chi connectivity index (χ4n) is 3.49. The van der Waals surface area contributed by atoms with Gasteiger partial charge in [-0.3, -0.25) is 9.59 Å². The Bertz CT molecular complexity index is 1140. The highest BCUT2D eigenvalue weighted by molar-refractivity contribution is 7.98. The van der Waals surface area contributed by atoms with Crippen molar-refractivity contribution in [3.8, 4) is 0 Å². The van der Waals surface area contributed by atoms with Gasteiger partial charge in [-0.1, -0.05) is 6.07 Å². The number of nitrogens with one attached hydrogen (secondary N) is 1. The number of hydrogen-bond acceptors (Lipinski definition) is 3. The summed E-state index contributed by atoms with van der Waals surface area (Å²) in [4.78, 5) is 28.4. The highest BCUT2D eigenvalue weighted by atomic mass is 32.2. The standard InChI is InChI=1S/C22H18F3N3O2S/c1-31-17-4-2-3-15(13-17)26-20(29)18-9-10-27-11-12-28(21(30)19(18)27)16-7-5-14(6-8-16)22(23,24)25/h2-10,13H,11-12H2,1H3,(H,26,29). The number of halogens is 3. The second-order valence-electron chi connectivity index (χ2n) is 6.96. The van der Waals surface area contributed by atoms with Crippen LogP contribution in [0.25, 0.3) is 0 Å². The summed E-state index contributed by atoms with van der Waals surface area (Å²) >= 11 is 1.54. The summed E-state index contributed by atoms with van der Waals surface area (Å²) in [5, 5.41) is 2.81. The maximum atomic E-state index is 13.1. The van der Waals surface area contributed by atoms with Crippen LogP contribution in [0.5, 0.6) is 0 Å². The van der Waals surface area contributed by atoms with E-state index in [9.17, 15) is 22.8 Å². The van der Waals surface area contributed by atoms with Crippen LogP contribution in [0.4, 0.5) is 24.5 Å². The number of aromatic nitrogens is 1. The van der Waals surface area contributed by atoms with E-state index in [0.717, 1.165) is 17.0 Å². The van der Waals surface area contributed by atoms with Gasteiger partial charge in [0, 0.05) is 35.6 Å². The van der Waals surface area contributed by atoms with Crippen molar-refractivity contribution in [2.75, 3.05) is 23.0 Å². The van der Waals surface area contributed by atoms with Crippen LogP contribution in [0.15, 0.2) is 65.7 Å². The summed E-state index contributed by atoms with van der Waals surface area (Å²) in [5.74, 6) is -0.853. The van der Waals surface area contributed by atoms with Gasteiger partial charge in [-0.15, -0.1) is 11.8 Å². The molecule has 2 aromatic carbocycles. The van der Waals surface area contributed by atoms with Crippen LogP contribution in [0.1, 0.15) is 26.4 Å². The smallest absolute Gasteiger partial charge is 0.341 e. The normalized spacial score (nSPS) is 13.8. The van der Waals surface area contributed by atoms with E-state index in [0.29, 0.717) is 24.5 Å². The van der Waals surface area contributed by atoms with E-state index < -0.39 is 23.6 Å². The van der Waals surface area contributed by atoms with Crippen LogP contribution < -0.4 is 10.2 Å². The molecule has 0 saturated heterocycles. The van der Waals surface area contributed by atoms with E-state index in [1.165, 1.54) is 17.0 Å². The maximum absolute atomic E-state index is 13.1. The molecule has 0 atom stereocenters. The number of anilines is 2. The number of nitrogens with zero attached hydrogens (tertiary/aromatic N) is 2. The van der Waals surface area contributed by atoms with Crippen molar-refractivity contribution in [2.45, 2.75) is 17.6 Å². The van der Waals surface area contributed by atoms with Gasteiger partial charge in [-0.25, -0.2) is 0 Å². The number of amides is 2. The zero-order chi connectivity index (χ0) is 22.2. The molecule has 5 nitrogen and oxygen atoms in total. The number of alkyl halides is 3. The number of rotatable bonds is 4. The fourth-order valence-corrected chi connectivity index (χ4v) is 3.95. The molecule has 0 spiro atoms. The third-order valence-electron chi connectivity index (χ3n) is 5.05. The van der Waals surface area contributed by atoms with E-state index in [1.54, 1.807) is 34.7 Å². The Kier molecular flexibility index (Phi) is 5.53. The quantitative estimate of drug-likeness (QED) is 0.566. The van der Waals surface area contributed by atoms with Gasteiger partial charge in [0.05, 0.1) is 11.1 Å². The van der Waals surface area contributed by atoms with Crippen molar-refractivity contribution in [3.63, 3.8) is 0 Å². The van der Waals surface area contributed by atoms with E-state index in [1.807, 2.05) is 24.5 Å². The lowest BCUT2D eigenvalue weighted by Crippen LogP contribution is -2.41. The van der Waals surface area contributed by atoms with Gasteiger partial charge in [-0.2, -0.15) is 13.2 Å². The molecular weight excluding hydrogens is 427 g/mol. The highest BCUT2D eigenvalue weighted by Gasteiger charge is 2.33. The predicted molar refractivity (Wildman–Crippen MR) is 114 cm³/mol. The molecule has 0 unspecified atom stereocenters. The Morgan fingerprint density at radius 3 is 2.48 bits per heavy atom. The van der Waals surface area contributed by atoms with E-state index in [4.69, 9.17) is 0 Å². The molecule has 1 aliphatic rings. The minimum atomic E-state index is -4.45. The molecule has 2 heterocycles. The lowest BCUT2D eigenvalue weighted by Gasteiger charge is -2.29. The van der Waals surface area contributed by atoms with E-state index >= 15 is 0 Å². The molecule has 31 heavy (non-hydrogen) atoms. The van der Waals surface area contributed by atoms with Crippen molar-refractivity contribution in [1.82, 2.24) is 4.57 Å². The molecule has 1 aliphatic heterocycles. The predicted octanol–water partition coefficient (Wildman–Crippen LogP) is 5.14. The van der Waals surface area contributed by atoms with Gasteiger partial charge in [0.25, 0.3) is 11.8 Å². The fraction of sp³-hybridized carbons (Fsp3) is 0.182. The van der Waals surface area contributed by atoms with Gasteiger partial charge in [0.1, 0.15) is 5.69 Å². The molecule has 0 saturated carbocycles. The van der Waals surface area contributed by atoms with E-state index in [-0.39, 0.29) is 11.3 Å². The first-order chi connectivity index (χ1) is 14.8. The molecule has 0 radical (unpaired) electrons. The first kappa shape index (κ1) is 21.0. The monoisotopic (exact) mass is 445 g/mol. The highest BCUT2D eigenvalue weighted by Crippen LogP contribution is 2.32. The Hall–Kier alpha value is -3.20. The molecule has 0 aliphatic carbocycles. The van der Waals surface area contributed by atoms with Crippen molar-refractivity contribution in [1.29, 1.82) is 0 Å². The van der Waals surface area contributed by atoms with Crippen LogP contribution in [-0.2, 0) is 12.7 Å². The van der Waals surface area contributed by atoms with Crippen molar-refractivity contribution in [3.05, 3.63) is 77.6 Å². The van der Waals surface area contributed by atoms with Crippen LogP contribution in [0, 0.1) is 0 Å². The first-order valence-electron chi connectivity index (χ1n) is 9.41. The Balaban J connectivity index is 1.59. The molecule has 0 fully saturated rings. The lowest BCUT2D eigenvalue weighted by molar-refractivity contribution is -0.137. The van der Waals surface area contributed by atoms with Crippen LogP contribution in [0.3, 0.4) is 0 Å². The topological polar surface area (TPSA) is 54.3 Å². The van der Waals surface area contributed by atoms with Crippen LogP contribution in [-0.4, -0.2) is 29.2 Å². The molecule has 2 amide bonds. The Labute approximate surface area is 180 Å².